The Hall–Kier alpha value is -2.08. The molecule has 0 heterocycles. The Morgan fingerprint density at radius 2 is 1.85 bits per heavy atom. The third-order valence-corrected chi connectivity index (χ3v) is 2.69. The minimum atomic E-state index is -0.664. The molecule has 0 aliphatic carbocycles. The number of alkyl carbamates (subject to hydrolysis) is 1. The summed E-state index contributed by atoms with van der Waals surface area (Å²) in [7, 11) is 1.30. The van der Waals surface area contributed by atoms with Crippen LogP contribution in [0.1, 0.15) is 29.8 Å². The van der Waals surface area contributed by atoms with Crippen molar-refractivity contribution in [3.05, 3.63) is 35.4 Å². The first-order valence-electron chi connectivity index (χ1n) is 6.22. The highest BCUT2D eigenvalue weighted by molar-refractivity contribution is 5.94. The summed E-state index contributed by atoms with van der Waals surface area (Å²) >= 11 is 0. The lowest BCUT2D eigenvalue weighted by molar-refractivity contribution is 0.0869. The van der Waals surface area contributed by atoms with Gasteiger partial charge in [0.25, 0.3) is 5.91 Å². The second kappa shape index (κ2) is 6.91. The fourth-order valence-electron chi connectivity index (χ4n) is 1.44. The number of amides is 2. The largest absolute Gasteiger partial charge is 0.453 e. The van der Waals surface area contributed by atoms with E-state index in [0.29, 0.717) is 12.1 Å². The number of aliphatic hydroxyl groups excluding tert-OH is 1. The van der Waals surface area contributed by atoms with E-state index in [2.05, 4.69) is 15.4 Å². The molecule has 110 valence electrons. The van der Waals surface area contributed by atoms with Gasteiger partial charge in [-0.25, -0.2) is 4.79 Å². The van der Waals surface area contributed by atoms with Crippen molar-refractivity contribution in [3.8, 4) is 0 Å². The zero-order valence-electron chi connectivity index (χ0n) is 11.9. The molecule has 0 aliphatic rings. The van der Waals surface area contributed by atoms with Crippen molar-refractivity contribution in [2.24, 2.45) is 0 Å². The van der Waals surface area contributed by atoms with Gasteiger partial charge in [-0.15, -0.1) is 0 Å². The van der Waals surface area contributed by atoms with Crippen LogP contribution >= 0.6 is 0 Å². The molecule has 20 heavy (non-hydrogen) atoms. The summed E-state index contributed by atoms with van der Waals surface area (Å²) in [5, 5.41) is 14.4. The molecule has 0 saturated carbocycles. The van der Waals surface area contributed by atoms with Gasteiger partial charge in [0.1, 0.15) is 0 Å². The first kappa shape index (κ1) is 16.0. The Bertz CT molecular complexity index is 469. The molecule has 0 aromatic heterocycles. The van der Waals surface area contributed by atoms with Gasteiger partial charge in [0.2, 0.25) is 0 Å². The molecule has 0 radical (unpaired) electrons. The summed E-state index contributed by atoms with van der Waals surface area (Å²) < 4.78 is 4.46. The first-order chi connectivity index (χ1) is 9.38. The molecule has 3 N–H and O–H groups in total. The number of rotatable bonds is 5. The van der Waals surface area contributed by atoms with Crippen molar-refractivity contribution < 1.29 is 19.4 Å². The van der Waals surface area contributed by atoms with Crippen LogP contribution in [0, 0.1) is 0 Å². The third-order valence-electron chi connectivity index (χ3n) is 2.69. The van der Waals surface area contributed by atoms with Crippen LogP contribution in [0.4, 0.5) is 4.79 Å². The first-order valence-corrected chi connectivity index (χ1v) is 6.22. The van der Waals surface area contributed by atoms with Crippen molar-refractivity contribution in [1.29, 1.82) is 0 Å². The van der Waals surface area contributed by atoms with Crippen molar-refractivity contribution in [3.63, 3.8) is 0 Å². The average molecular weight is 280 g/mol. The Labute approximate surface area is 118 Å². The van der Waals surface area contributed by atoms with Gasteiger partial charge >= 0.3 is 6.09 Å². The van der Waals surface area contributed by atoms with E-state index in [1.165, 1.54) is 7.11 Å². The fraction of sp³-hybridized carbons (Fsp3) is 0.429. The molecule has 0 fully saturated rings. The lowest BCUT2D eigenvalue weighted by atomic mass is 10.1. The summed E-state index contributed by atoms with van der Waals surface area (Å²) in [5.41, 5.74) is 0.684. The predicted molar refractivity (Wildman–Crippen MR) is 74.3 cm³/mol. The van der Waals surface area contributed by atoms with Crippen LogP contribution in [-0.2, 0) is 11.3 Å². The zero-order chi connectivity index (χ0) is 15.2. The average Bonchev–Trinajstić information content (AvgIpc) is 2.44. The standard InChI is InChI=1S/C14H20N2O4/c1-14(2,9-17)16-12(18)11-6-4-10(5-7-11)8-15-13(19)20-3/h4-7,17H,8-9H2,1-3H3,(H,15,19)(H,16,18). The quantitative estimate of drug-likeness (QED) is 0.752. The van der Waals surface area contributed by atoms with E-state index in [-0.39, 0.29) is 12.5 Å². The molecule has 0 aliphatic heterocycles. The highest BCUT2D eigenvalue weighted by Crippen LogP contribution is 2.07. The second-order valence-electron chi connectivity index (χ2n) is 5.04. The van der Waals surface area contributed by atoms with E-state index >= 15 is 0 Å². The maximum absolute atomic E-state index is 11.9. The maximum Gasteiger partial charge on any atom is 0.407 e. The van der Waals surface area contributed by atoms with Crippen molar-refractivity contribution in [2.75, 3.05) is 13.7 Å². The molecule has 1 aromatic carbocycles. The summed E-state index contributed by atoms with van der Waals surface area (Å²) in [6.07, 6.45) is -0.503. The van der Waals surface area contributed by atoms with Crippen LogP contribution in [0.3, 0.4) is 0 Å². The number of hydrogen-bond acceptors (Lipinski definition) is 4. The number of aliphatic hydroxyl groups is 1. The fourth-order valence-corrected chi connectivity index (χ4v) is 1.44. The highest BCUT2D eigenvalue weighted by atomic mass is 16.5. The molecule has 0 bridgehead atoms. The van der Waals surface area contributed by atoms with Crippen molar-refractivity contribution >= 4 is 12.0 Å². The molecule has 0 unspecified atom stereocenters. The van der Waals surface area contributed by atoms with Crippen LogP contribution in [0.2, 0.25) is 0 Å². The highest BCUT2D eigenvalue weighted by Gasteiger charge is 2.19. The summed E-state index contributed by atoms with van der Waals surface area (Å²) in [6, 6.07) is 6.82. The molecule has 0 spiro atoms. The van der Waals surface area contributed by atoms with E-state index in [0.717, 1.165) is 5.56 Å². The number of carbonyl (C=O) groups is 2. The van der Waals surface area contributed by atoms with Gasteiger partial charge in [-0.1, -0.05) is 12.1 Å². The minimum Gasteiger partial charge on any atom is -0.453 e. The third kappa shape index (κ3) is 4.89. The molecule has 2 amide bonds. The predicted octanol–water partition coefficient (Wildman–Crippen LogP) is 1.04. The molecule has 1 aromatic rings. The van der Waals surface area contributed by atoms with Gasteiger partial charge in [-0.3, -0.25) is 4.79 Å². The van der Waals surface area contributed by atoms with Crippen LogP contribution in [0.5, 0.6) is 0 Å². The number of benzene rings is 1. The van der Waals surface area contributed by atoms with E-state index in [1.807, 2.05) is 0 Å². The minimum absolute atomic E-state index is 0.139. The smallest absolute Gasteiger partial charge is 0.407 e. The van der Waals surface area contributed by atoms with Gasteiger partial charge in [-0.2, -0.15) is 0 Å². The van der Waals surface area contributed by atoms with Gasteiger partial charge in [0, 0.05) is 12.1 Å². The Morgan fingerprint density at radius 1 is 1.25 bits per heavy atom. The molecular formula is C14H20N2O4. The van der Waals surface area contributed by atoms with Gasteiger partial charge in [0.15, 0.2) is 0 Å². The Kier molecular flexibility index (Phi) is 5.52. The Morgan fingerprint density at radius 3 is 2.35 bits per heavy atom. The lowest BCUT2D eigenvalue weighted by Crippen LogP contribution is -2.46. The van der Waals surface area contributed by atoms with E-state index < -0.39 is 11.6 Å². The van der Waals surface area contributed by atoms with E-state index in [4.69, 9.17) is 5.11 Å². The summed E-state index contributed by atoms with van der Waals surface area (Å²) in [4.78, 5) is 22.9. The number of carbonyl (C=O) groups excluding carboxylic acids is 2. The second-order valence-corrected chi connectivity index (χ2v) is 5.04. The summed E-state index contributed by atoms with van der Waals surface area (Å²) in [6.45, 7) is 3.66. The van der Waals surface area contributed by atoms with Crippen LogP contribution in [0.25, 0.3) is 0 Å². The van der Waals surface area contributed by atoms with Crippen LogP contribution in [0.15, 0.2) is 24.3 Å². The molecule has 6 heteroatoms. The molecule has 0 saturated heterocycles. The van der Waals surface area contributed by atoms with E-state index in [9.17, 15) is 9.59 Å². The monoisotopic (exact) mass is 280 g/mol. The summed E-state index contributed by atoms with van der Waals surface area (Å²) in [5.74, 6) is -0.253. The lowest BCUT2D eigenvalue weighted by Gasteiger charge is -2.23. The van der Waals surface area contributed by atoms with Crippen LogP contribution < -0.4 is 10.6 Å². The van der Waals surface area contributed by atoms with Crippen molar-refractivity contribution in [1.82, 2.24) is 10.6 Å². The van der Waals surface area contributed by atoms with Gasteiger partial charge < -0.3 is 20.5 Å². The van der Waals surface area contributed by atoms with Crippen molar-refractivity contribution in [2.45, 2.75) is 25.9 Å². The molecule has 0 atom stereocenters. The molecule has 1 rings (SSSR count). The number of hydrogen-bond donors (Lipinski definition) is 3. The van der Waals surface area contributed by atoms with Gasteiger partial charge in [-0.05, 0) is 31.5 Å². The number of nitrogens with one attached hydrogen (secondary N) is 2. The molecule has 6 nitrogen and oxygen atoms in total. The Balaban J connectivity index is 2.62. The molecular weight excluding hydrogens is 260 g/mol. The normalized spacial score (nSPS) is 10.8. The van der Waals surface area contributed by atoms with E-state index in [1.54, 1.807) is 38.1 Å². The maximum atomic E-state index is 11.9. The topological polar surface area (TPSA) is 87.7 Å². The number of methoxy groups -OCH3 is 1. The zero-order valence-corrected chi connectivity index (χ0v) is 11.9. The number of ether oxygens (including phenoxy) is 1. The SMILES string of the molecule is COC(=O)NCc1ccc(C(=O)NC(C)(C)CO)cc1. The van der Waals surface area contributed by atoms with Crippen LogP contribution in [-0.4, -0.2) is 36.4 Å². The van der Waals surface area contributed by atoms with Gasteiger partial charge in [0.05, 0.1) is 19.3 Å².